The molecule has 2 aromatic carbocycles. The van der Waals surface area contributed by atoms with Crippen LogP contribution >= 0.6 is 43.5 Å². The highest BCUT2D eigenvalue weighted by Gasteiger charge is 2.24. The second-order valence-corrected chi connectivity index (χ2v) is 13.2. The highest BCUT2D eigenvalue weighted by Crippen LogP contribution is 2.36. The standard InChI is InChI=1S/C15H16BrN3O3.C9H4BrClN2O2.C6H13NO/c16-9-1-6-13-12(7-9)15(14(8-17-13)19(21)22)18-10-2-4-11(20)5-3-10;10-5-1-2-7-6(3-5)9(11)8(4-12-7)13(14)15;7-5-1-3-6(8)4-2-5/h1,6-8,10-11,20H,2-5H2,(H,17,18);1-4H;5-6,8H,1-4,7H2. The van der Waals surface area contributed by atoms with Crippen LogP contribution in [0.25, 0.3) is 21.8 Å². The van der Waals surface area contributed by atoms with E-state index in [1.54, 1.807) is 18.2 Å². The molecule has 15 heteroatoms. The SMILES string of the molecule is NC1CCC(O)CC1.O=[N+]([O-])c1cnc2ccc(Br)cc2c1Cl.O=[N+]([O-])c1cnc2ccc(Br)cc2c1NC1CCC(O)CC1. The Morgan fingerprint density at radius 1 is 0.778 bits per heavy atom. The maximum absolute atomic E-state index is 11.3. The number of nitro groups is 2. The average Bonchev–Trinajstić information content (AvgIpc) is 3.01. The van der Waals surface area contributed by atoms with Gasteiger partial charge in [-0.2, -0.15) is 0 Å². The van der Waals surface area contributed by atoms with E-state index in [1.807, 2.05) is 18.2 Å². The Labute approximate surface area is 280 Å². The van der Waals surface area contributed by atoms with E-state index >= 15 is 0 Å². The smallest absolute Gasteiger partial charge is 0.311 e. The van der Waals surface area contributed by atoms with Crippen LogP contribution in [0, 0.1) is 20.2 Å². The molecule has 2 fully saturated rings. The normalized spacial score (nSPS) is 21.2. The molecule has 2 heterocycles. The predicted octanol–water partition coefficient (Wildman–Crippen LogP) is 7.43. The molecule has 2 saturated carbocycles. The second kappa shape index (κ2) is 16.0. The Morgan fingerprint density at radius 2 is 1.24 bits per heavy atom. The van der Waals surface area contributed by atoms with E-state index in [9.17, 15) is 25.3 Å². The van der Waals surface area contributed by atoms with Gasteiger partial charge in [-0.25, -0.2) is 9.97 Å². The third kappa shape index (κ3) is 9.50. The molecule has 0 aliphatic heterocycles. The van der Waals surface area contributed by atoms with Gasteiger partial charge < -0.3 is 21.3 Å². The van der Waals surface area contributed by atoms with E-state index in [-0.39, 0.29) is 34.6 Å². The molecule has 12 nitrogen and oxygen atoms in total. The maximum Gasteiger partial charge on any atom is 0.311 e. The zero-order valence-corrected chi connectivity index (χ0v) is 28.0. The van der Waals surface area contributed by atoms with Crippen molar-refractivity contribution >= 4 is 82.3 Å². The lowest BCUT2D eigenvalue weighted by atomic mass is 9.93. The number of nitrogens with two attached hydrogens (primary N) is 1. The summed E-state index contributed by atoms with van der Waals surface area (Å²) in [6.45, 7) is 0. The molecule has 0 spiro atoms. The van der Waals surface area contributed by atoms with Gasteiger partial charge in [0.15, 0.2) is 0 Å². The first-order valence-corrected chi connectivity index (χ1v) is 16.4. The first kappa shape index (κ1) is 34.9. The maximum atomic E-state index is 11.3. The van der Waals surface area contributed by atoms with E-state index in [4.69, 9.17) is 22.4 Å². The summed E-state index contributed by atoms with van der Waals surface area (Å²) < 4.78 is 1.66. The van der Waals surface area contributed by atoms with Crippen LogP contribution in [0.1, 0.15) is 51.4 Å². The molecule has 0 bridgehead atoms. The zero-order chi connectivity index (χ0) is 32.7. The largest absolute Gasteiger partial charge is 0.393 e. The fourth-order valence-electron chi connectivity index (χ4n) is 5.22. The number of pyridine rings is 2. The van der Waals surface area contributed by atoms with Crippen LogP contribution in [-0.4, -0.2) is 54.3 Å². The lowest BCUT2D eigenvalue weighted by Crippen LogP contribution is -2.28. The number of nitrogens with one attached hydrogen (secondary N) is 1. The number of hydrogen-bond donors (Lipinski definition) is 4. The predicted molar refractivity (Wildman–Crippen MR) is 182 cm³/mol. The van der Waals surface area contributed by atoms with Crippen LogP contribution in [-0.2, 0) is 0 Å². The van der Waals surface area contributed by atoms with Crippen molar-refractivity contribution in [3.05, 3.63) is 83.0 Å². The summed E-state index contributed by atoms with van der Waals surface area (Å²) in [6, 6.07) is 11.3. The van der Waals surface area contributed by atoms with Crippen molar-refractivity contribution in [2.45, 2.75) is 75.7 Å². The van der Waals surface area contributed by atoms with Crippen molar-refractivity contribution in [2.75, 3.05) is 5.32 Å². The fraction of sp³-hybridized carbons (Fsp3) is 0.400. The van der Waals surface area contributed by atoms with Gasteiger partial charge >= 0.3 is 11.4 Å². The summed E-state index contributed by atoms with van der Waals surface area (Å²) >= 11 is 12.6. The highest BCUT2D eigenvalue weighted by atomic mass is 79.9. The van der Waals surface area contributed by atoms with Crippen LogP contribution < -0.4 is 11.1 Å². The number of hydrogen-bond acceptors (Lipinski definition) is 10. The fourth-order valence-corrected chi connectivity index (χ4v) is 6.21. The molecule has 240 valence electrons. The number of aliphatic hydroxyl groups is 2. The Balaban J connectivity index is 0.000000172. The Bertz CT molecular complexity index is 1660. The minimum Gasteiger partial charge on any atom is -0.393 e. The van der Waals surface area contributed by atoms with Crippen molar-refractivity contribution < 1.29 is 20.1 Å². The molecular weight excluding hydrogens is 736 g/mol. The van der Waals surface area contributed by atoms with Crippen LogP contribution in [0.4, 0.5) is 17.1 Å². The quantitative estimate of drug-likeness (QED) is 0.120. The molecule has 0 radical (unpaired) electrons. The number of halogens is 3. The molecule has 2 aliphatic carbocycles. The topological polar surface area (TPSA) is 191 Å². The first-order chi connectivity index (χ1) is 21.4. The molecule has 2 aliphatic rings. The van der Waals surface area contributed by atoms with Gasteiger partial charge in [0, 0.05) is 31.8 Å². The van der Waals surface area contributed by atoms with Crippen LogP contribution in [0.2, 0.25) is 5.02 Å². The molecule has 4 aromatic rings. The minimum atomic E-state index is -0.546. The number of nitrogens with zero attached hydrogens (tertiary/aromatic N) is 4. The van der Waals surface area contributed by atoms with E-state index in [0.29, 0.717) is 28.1 Å². The molecule has 45 heavy (non-hydrogen) atoms. The number of rotatable bonds is 4. The second-order valence-electron chi connectivity index (χ2n) is 11.0. The number of fused-ring (bicyclic) bond motifs is 2. The molecule has 0 atom stereocenters. The van der Waals surface area contributed by atoms with E-state index in [0.717, 1.165) is 65.7 Å². The van der Waals surface area contributed by atoms with Gasteiger partial charge in [0.2, 0.25) is 0 Å². The van der Waals surface area contributed by atoms with E-state index in [1.165, 1.54) is 12.4 Å². The molecule has 0 amide bonds. The lowest BCUT2D eigenvalue weighted by Gasteiger charge is -2.27. The van der Waals surface area contributed by atoms with Crippen LogP contribution in [0.5, 0.6) is 0 Å². The monoisotopic (exact) mass is 766 g/mol. The summed E-state index contributed by atoms with van der Waals surface area (Å²) in [5, 5.41) is 45.2. The molecule has 0 saturated heterocycles. The van der Waals surface area contributed by atoms with Crippen molar-refractivity contribution in [3.8, 4) is 0 Å². The molecular formula is C30H33Br2ClN6O6. The van der Waals surface area contributed by atoms with Crippen molar-refractivity contribution in [1.29, 1.82) is 0 Å². The summed E-state index contributed by atoms with van der Waals surface area (Å²) in [5.41, 5.74) is 7.25. The summed E-state index contributed by atoms with van der Waals surface area (Å²) in [5.74, 6) is 0. The average molecular weight is 769 g/mol. The Hall–Kier alpha value is -3.01. The van der Waals surface area contributed by atoms with E-state index in [2.05, 4.69) is 47.1 Å². The summed E-state index contributed by atoms with van der Waals surface area (Å²) in [4.78, 5) is 29.1. The lowest BCUT2D eigenvalue weighted by molar-refractivity contribution is -0.384. The van der Waals surface area contributed by atoms with Gasteiger partial charge in [0.1, 0.15) is 23.1 Å². The molecule has 6 rings (SSSR count). The van der Waals surface area contributed by atoms with Gasteiger partial charge in [-0.15, -0.1) is 0 Å². The van der Waals surface area contributed by atoms with Crippen molar-refractivity contribution in [2.24, 2.45) is 5.73 Å². The van der Waals surface area contributed by atoms with Crippen LogP contribution in [0.15, 0.2) is 57.7 Å². The number of anilines is 1. The zero-order valence-electron chi connectivity index (χ0n) is 24.1. The van der Waals surface area contributed by atoms with Crippen molar-refractivity contribution in [1.82, 2.24) is 9.97 Å². The van der Waals surface area contributed by atoms with E-state index < -0.39 is 9.85 Å². The summed E-state index contributed by atoms with van der Waals surface area (Å²) in [6.07, 6.45) is 9.01. The minimum absolute atomic E-state index is 0.0169. The molecule has 2 aromatic heterocycles. The van der Waals surface area contributed by atoms with Crippen molar-refractivity contribution in [3.63, 3.8) is 0 Å². The van der Waals surface area contributed by atoms with Gasteiger partial charge in [-0.1, -0.05) is 43.5 Å². The molecule has 0 unspecified atom stereocenters. The number of aromatic nitrogens is 2. The summed E-state index contributed by atoms with van der Waals surface area (Å²) in [7, 11) is 0. The third-order valence-corrected chi connectivity index (χ3v) is 9.12. The number of benzene rings is 2. The molecule has 5 N–H and O–H groups in total. The van der Waals surface area contributed by atoms with Gasteiger partial charge in [0.25, 0.3) is 0 Å². The van der Waals surface area contributed by atoms with Crippen LogP contribution in [0.3, 0.4) is 0 Å². The van der Waals surface area contributed by atoms with Gasteiger partial charge in [-0.05, 0) is 87.8 Å². The Morgan fingerprint density at radius 3 is 1.76 bits per heavy atom. The first-order valence-electron chi connectivity index (χ1n) is 14.4. The Kier molecular flexibility index (Phi) is 12.4. The third-order valence-electron chi connectivity index (χ3n) is 7.74. The number of aliphatic hydroxyl groups excluding tert-OH is 2. The van der Waals surface area contributed by atoms with Gasteiger partial charge in [0.05, 0.1) is 33.1 Å². The highest BCUT2D eigenvalue weighted by molar-refractivity contribution is 9.10. The van der Waals surface area contributed by atoms with Gasteiger partial charge in [-0.3, -0.25) is 20.2 Å².